The first-order chi connectivity index (χ1) is 13.1. The lowest BCUT2D eigenvalue weighted by Gasteiger charge is -2.33. The van der Waals surface area contributed by atoms with Gasteiger partial charge in [0.05, 0.1) is 24.2 Å². The Hall–Kier alpha value is -2.96. The van der Waals surface area contributed by atoms with Crippen LogP contribution in [-0.2, 0) is 0 Å². The predicted molar refractivity (Wildman–Crippen MR) is 101 cm³/mol. The number of fused-ring (bicyclic) bond motifs is 2. The highest BCUT2D eigenvalue weighted by Gasteiger charge is 2.39. The number of imidazole rings is 1. The molecule has 0 aliphatic heterocycles. The fraction of sp³-hybridized carbons (Fsp3) is 0.400. The minimum atomic E-state index is 0.300. The number of rotatable bonds is 3. The van der Waals surface area contributed by atoms with Crippen LogP contribution in [0.25, 0.3) is 11.3 Å². The molecule has 1 fully saturated rings. The van der Waals surface area contributed by atoms with Crippen LogP contribution in [0.4, 0.5) is 0 Å². The average Bonchev–Trinajstić information content (AvgIpc) is 3.20. The maximum atomic E-state index is 5.34. The molecule has 7 heteroatoms. The Morgan fingerprint density at radius 3 is 2.63 bits per heavy atom. The van der Waals surface area contributed by atoms with E-state index >= 15 is 0 Å². The lowest BCUT2D eigenvalue weighted by Crippen LogP contribution is -2.24. The molecule has 1 aliphatic carbocycles. The van der Waals surface area contributed by atoms with Crippen LogP contribution in [0.2, 0.25) is 0 Å². The SMILES string of the molecule is COc1ccn2c(C)c(C3CCC3c3nc4c(C)ncc(C)n4n3)nc2c1. The van der Waals surface area contributed by atoms with Crippen LogP contribution in [-0.4, -0.2) is 36.1 Å². The molecule has 1 aliphatic rings. The lowest BCUT2D eigenvalue weighted by molar-refractivity contribution is 0.326. The van der Waals surface area contributed by atoms with Gasteiger partial charge in [-0.15, -0.1) is 0 Å². The number of nitrogens with zero attached hydrogens (tertiary/aromatic N) is 6. The van der Waals surface area contributed by atoms with Gasteiger partial charge in [0.15, 0.2) is 11.5 Å². The van der Waals surface area contributed by atoms with Gasteiger partial charge >= 0.3 is 0 Å². The van der Waals surface area contributed by atoms with E-state index in [1.165, 1.54) is 5.69 Å². The van der Waals surface area contributed by atoms with Crippen molar-refractivity contribution in [3.63, 3.8) is 0 Å². The quantitative estimate of drug-likeness (QED) is 0.559. The summed E-state index contributed by atoms with van der Waals surface area (Å²) >= 11 is 0. The van der Waals surface area contributed by atoms with Crippen LogP contribution in [0, 0.1) is 20.8 Å². The minimum absolute atomic E-state index is 0.300. The number of hydrogen-bond acceptors (Lipinski definition) is 5. The van der Waals surface area contributed by atoms with E-state index in [0.717, 1.165) is 52.8 Å². The highest BCUT2D eigenvalue weighted by molar-refractivity contribution is 5.49. The molecule has 27 heavy (non-hydrogen) atoms. The molecule has 0 spiro atoms. The van der Waals surface area contributed by atoms with Crippen molar-refractivity contribution in [3.05, 3.63) is 53.1 Å². The van der Waals surface area contributed by atoms with Crippen molar-refractivity contribution < 1.29 is 4.74 Å². The molecule has 2 atom stereocenters. The smallest absolute Gasteiger partial charge is 0.177 e. The van der Waals surface area contributed by atoms with Crippen molar-refractivity contribution in [2.24, 2.45) is 0 Å². The molecule has 1 saturated carbocycles. The first kappa shape index (κ1) is 16.2. The molecule has 0 N–H and O–H groups in total. The summed E-state index contributed by atoms with van der Waals surface area (Å²) in [5.74, 6) is 2.38. The molecule has 4 aromatic heterocycles. The molecule has 138 valence electrons. The number of ether oxygens (including phenoxy) is 1. The van der Waals surface area contributed by atoms with Gasteiger partial charge in [0.25, 0.3) is 0 Å². The lowest BCUT2D eigenvalue weighted by atomic mass is 9.71. The summed E-state index contributed by atoms with van der Waals surface area (Å²) in [5, 5.41) is 4.79. The van der Waals surface area contributed by atoms with Crippen LogP contribution < -0.4 is 4.74 Å². The Morgan fingerprint density at radius 1 is 1.11 bits per heavy atom. The molecule has 4 heterocycles. The first-order valence-electron chi connectivity index (χ1n) is 9.28. The number of methoxy groups -OCH3 is 1. The van der Waals surface area contributed by atoms with Crippen LogP contribution >= 0.6 is 0 Å². The summed E-state index contributed by atoms with van der Waals surface area (Å²) in [6, 6.07) is 3.94. The first-order valence-corrected chi connectivity index (χ1v) is 9.28. The largest absolute Gasteiger partial charge is 0.497 e. The van der Waals surface area contributed by atoms with Gasteiger partial charge in [-0.2, -0.15) is 5.10 Å². The number of pyridine rings is 1. The van der Waals surface area contributed by atoms with E-state index in [2.05, 4.69) is 16.3 Å². The molecule has 0 saturated heterocycles. The van der Waals surface area contributed by atoms with Crippen molar-refractivity contribution >= 4 is 11.3 Å². The zero-order chi connectivity index (χ0) is 18.7. The fourth-order valence-electron chi connectivity index (χ4n) is 4.05. The maximum absolute atomic E-state index is 5.34. The van der Waals surface area contributed by atoms with Gasteiger partial charge in [-0.3, -0.25) is 4.98 Å². The van der Waals surface area contributed by atoms with E-state index in [1.807, 2.05) is 42.9 Å². The van der Waals surface area contributed by atoms with E-state index < -0.39 is 0 Å². The molecule has 2 unspecified atom stereocenters. The van der Waals surface area contributed by atoms with Gasteiger partial charge in [-0.1, -0.05) is 0 Å². The van der Waals surface area contributed by atoms with Crippen molar-refractivity contribution in [1.82, 2.24) is 29.0 Å². The molecule has 0 aromatic carbocycles. The average molecular weight is 362 g/mol. The molecule has 7 nitrogen and oxygen atoms in total. The standard InChI is InChI=1S/C20H22N6O/c1-11-10-21-12(2)20-23-19(24-26(11)20)16-6-5-15(16)18-13(3)25-8-7-14(27-4)9-17(25)22-18/h7-10,15-16H,5-6H2,1-4H3. The highest BCUT2D eigenvalue weighted by atomic mass is 16.5. The Labute approximate surface area is 157 Å². The van der Waals surface area contributed by atoms with Gasteiger partial charge in [0, 0.05) is 36.0 Å². The van der Waals surface area contributed by atoms with Crippen molar-refractivity contribution in [1.29, 1.82) is 0 Å². The summed E-state index contributed by atoms with van der Waals surface area (Å²) in [6.07, 6.45) is 6.07. The van der Waals surface area contributed by atoms with Crippen LogP contribution in [0.15, 0.2) is 24.5 Å². The minimum Gasteiger partial charge on any atom is -0.497 e. The van der Waals surface area contributed by atoms with E-state index in [0.29, 0.717) is 11.8 Å². The molecule has 4 aromatic rings. The van der Waals surface area contributed by atoms with Crippen molar-refractivity contribution in [3.8, 4) is 5.75 Å². The van der Waals surface area contributed by atoms with E-state index in [1.54, 1.807) is 7.11 Å². The molecule has 0 bridgehead atoms. The predicted octanol–water partition coefficient (Wildman–Crippen LogP) is 3.37. The highest BCUT2D eigenvalue weighted by Crippen LogP contribution is 2.48. The van der Waals surface area contributed by atoms with Gasteiger partial charge in [0.1, 0.15) is 11.4 Å². The summed E-state index contributed by atoms with van der Waals surface area (Å²) in [5.41, 5.74) is 6.01. The Bertz CT molecular complexity index is 1140. The van der Waals surface area contributed by atoms with Crippen molar-refractivity contribution in [2.75, 3.05) is 7.11 Å². The van der Waals surface area contributed by atoms with Gasteiger partial charge in [0.2, 0.25) is 0 Å². The molecular weight excluding hydrogens is 340 g/mol. The van der Waals surface area contributed by atoms with E-state index in [9.17, 15) is 0 Å². The number of aryl methyl sites for hydroxylation is 3. The van der Waals surface area contributed by atoms with Gasteiger partial charge in [-0.05, 0) is 39.7 Å². The topological polar surface area (TPSA) is 69.6 Å². The molecule has 5 rings (SSSR count). The van der Waals surface area contributed by atoms with Crippen LogP contribution in [0.1, 0.15) is 53.3 Å². The monoisotopic (exact) mass is 362 g/mol. The third-order valence-corrected chi connectivity index (χ3v) is 5.79. The third kappa shape index (κ3) is 2.34. The van der Waals surface area contributed by atoms with E-state index in [4.69, 9.17) is 19.8 Å². The third-order valence-electron chi connectivity index (χ3n) is 5.79. The zero-order valence-corrected chi connectivity index (χ0v) is 16.0. The summed E-state index contributed by atoms with van der Waals surface area (Å²) in [4.78, 5) is 14.1. The molecular formula is C20H22N6O. The Morgan fingerprint density at radius 2 is 1.93 bits per heavy atom. The fourth-order valence-corrected chi connectivity index (χ4v) is 4.05. The van der Waals surface area contributed by atoms with Gasteiger partial charge in [-0.25, -0.2) is 14.5 Å². The Kier molecular flexibility index (Phi) is 3.47. The summed E-state index contributed by atoms with van der Waals surface area (Å²) in [6.45, 7) is 6.12. The second-order valence-electron chi connectivity index (χ2n) is 7.36. The second kappa shape index (κ2) is 5.77. The second-order valence-corrected chi connectivity index (χ2v) is 7.36. The summed E-state index contributed by atoms with van der Waals surface area (Å²) < 4.78 is 9.38. The molecule has 0 amide bonds. The van der Waals surface area contributed by atoms with Crippen molar-refractivity contribution in [2.45, 2.75) is 45.4 Å². The number of hydrogen-bond donors (Lipinski definition) is 0. The van der Waals surface area contributed by atoms with Crippen LogP contribution in [0.5, 0.6) is 5.75 Å². The molecule has 0 radical (unpaired) electrons. The number of aromatic nitrogens is 6. The normalized spacial score (nSPS) is 19.6. The zero-order valence-electron chi connectivity index (χ0n) is 16.0. The Balaban J connectivity index is 1.56. The van der Waals surface area contributed by atoms with Crippen LogP contribution in [0.3, 0.4) is 0 Å². The van der Waals surface area contributed by atoms with Gasteiger partial charge < -0.3 is 9.14 Å². The summed E-state index contributed by atoms with van der Waals surface area (Å²) in [7, 11) is 1.68. The maximum Gasteiger partial charge on any atom is 0.177 e. The van der Waals surface area contributed by atoms with E-state index in [-0.39, 0.29) is 0 Å².